The van der Waals surface area contributed by atoms with Crippen LogP contribution in [-0.2, 0) is 4.74 Å². The van der Waals surface area contributed by atoms with Crippen molar-refractivity contribution in [3.05, 3.63) is 11.6 Å². The van der Waals surface area contributed by atoms with Crippen LogP contribution in [0.25, 0.3) is 0 Å². The highest BCUT2D eigenvalue weighted by Gasteiger charge is 2.38. The zero-order valence-corrected chi connectivity index (χ0v) is 12.8. The van der Waals surface area contributed by atoms with Gasteiger partial charge in [-0.2, -0.15) is 0 Å². The molecule has 0 radical (unpaired) electrons. The average molecular weight is 265 g/mol. The molecular weight excluding hydrogens is 234 g/mol. The van der Waals surface area contributed by atoms with Crippen LogP contribution >= 0.6 is 0 Å². The molecule has 0 amide bonds. The van der Waals surface area contributed by atoms with Gasteiger partial charge in [-0.3, -0.25) is 0 Å². The predicted molar refractivity (Wildman–Crippen MR) is 81.4 cm³/mol. The predicted octanol–water partition coefficient (Wildman–Crippen LogP) is 4.06. The second-order valence-electron chi connectivity index (χ2n) is 6.07. The van der Waals surface area contributed by atoms with E-state index in [2.05, 4.69) is 25.2 Å². The molecule has 19 heavy (non-hydrogen) atoms. The lowest BCUT2D eigenvalue weighted by Crippen LogP contribution is -2.44. The Morgan fingerprint density at radius 3 is 2.79 bits per heavy atom. The van der Waals surface area contributed by atoms with E-state index in [1.807, 2.05) is 0 Å². The molecule has 0 bridgehead atoms. The highest BCUT2D eigenvalue weighted by atomic mass is 16.5. The fraction of sp³-hybridized carbons (Fsp3) is 0.882. The van der Waals surface area contributed by atoms with Crippen LogP contribution in [0.4, 0.5) is 0 Å². The summed E-state index contributed by atoms with van der Waals surface area (Å²) in [5.74, 6) is 0.804. The van der Waals surface area contributed by atoms with Crippen molar-refractivity contribution in [3.8, 4) is 0 Å². The van der Waals surface area contributed by atoms with Gasteiger partial charge in [0.25, 0.3) is 0 Å². The second-order valence-corrected chi connectivity index (χ2v) is 6.07. The molecule has 0 aromatic heterocycles. The monoisotopic (exact) mass is 265 g/mol. The van der Waals surface area contributed by atoms with Crippen molar-refractivity contribution >= 4 is 0 Å². The molecule has 0 saturated heterocycles. The summed E-state index contributed by atoms with van der Waals surface area (Å²) in [6.45, 7) is 6.34. The fourth-order valence-electron chi connectivity index (χ4n) is 3.20. The standard InChI is InChI=1S/C17H31NO/c1-3-13-18-16(14-9-7-5-6-8-10-14)17(19-4-2)15-11-12-15/h9,15-18H,3-8,10-13H2,1-2H3. The van der Waals surface area contributed by atoms with Crippen LogP contribution in [-0.4, -0.2) is 25.3 Å². The quantitative estimate of drug-likeness (QED) is 0.668. The zero-order valence-electron chi connectivity index (χ0n) is 12.8. The number of hydrogen-bond donors (Lipinski definition) is 1. The minimum absolute atomic E-state index is 0.417. The number of allylic oxidation sites excluding steroid dienone is 1. The first kappa shape index (κ1) is 15.1. The maximum atomic E-state index is 6.12. The van der Waals surface area contributed by atoms with Gasteiger partial charge in [0.05, 0.1) is 12.1 Å². The smallest absolute Gasteiger partial charge is 0.0794 e. The first-order chi connectivity index (χ1) is 9.36. The second kappa shape index (κ2) is 8.06. The molecule has 2 aliphatic carbocycles. The Morgan fingerprint density at radius 2 is 2.11 bits per heavy atom. The van der Waals surface area contributed by atoms with E-state index in [4.69, 9.17) is 4.74 Å². The van der Waals surface area contributed by atoms with Crippen molar-refractivity contribution in [2.24, 2.45) is 5.92 Å². The third-order valence-electron chi connectivity index (χ3n) is 4.36. The Bertz CT molecular complexity index is 283. The van der Waals surface area contributed by atoms with E-state index in [-0.39, 0.29) is 0 Å². The van der Waals surface area contributed by atoms with Gasteiger partial charge in [-0.15, -0.1) is 0 Å². The van der Waals surface area contributed by atoms with E-state index in [9.17, 15) is 0 Å². The minimum atomic E-state index is 0.417. The van der Waals surface area contributed by atoms with Crippen LogP contribution in [0.5, 0.6) is 0 Å². The average Bonchev–Trinajstić information content (AvgIpc) is 3.25. The van der Waals surface area contributed by atoms with Gasteiger partial charge < -0.3 is 10.1 Å². The summed E-state index contributed by atoms with van der Waals surface area (Å²) in [7, 11) is 0. The summed E-state index contributed by atoms with van der Waals surface area (Å²) in [6, 6.07) is 0.477. The molecule has 110 valence electrons. The normalized spacial score (nSPS) is 23.6. The van der Waals surface area contributed by atoms with Gasteiger partial charge in [0.1, 0.15) is 0 Å². The summed E-state index contributed by atoms with van der Waals surface area (Å²) in [4.78, 5) is 0. The van der Waals surface area contributed by atoms with Crippen LogP contribution in [0.3, 0.4) is 0 Å². The topological polar surface area (TPSA) is 21.3 Å². The van der Waals surface area contributed by atoms with E-state index in [1.54, 1.807) is 5.57 Å². The van der Waals surface area contributed by atoms with Crippen molar-refractivity contribution in [1.29, 1.82) is 0 Å². The Kier molecular flexibility index (Phi) is 6.39. The first-order valence-electron chi connectivity index (χ1n) is 8.40. The third kappa shape index (κ3) is 4.61. The molecular formula is C17H31NO. The number of ether oxygens (including phenoxy) is 1. The van der Waals surface area contributed by atoms with Gasteiger partial charge in [0, 0.05) is 6.61 Å². The largest absolute Gasteiger partial charge is 0.376 e. The van der Waals surface area contributed by atoms with Crippen LogP contribution in [0.2, 0.25) is 0 Å². The molecule has 1 saturated carbocycles. The highest BCUT2D eigenvalue weighted by Crippen LogP contribution is 2.38. The molecule has 0 heterocycles. The molecule has 2 heteroatoms. The number of hydrogen-bond acceptors (Lipinski definition) is 2. The Balaban J connectivity index is 2.05. The van der Waals surface area contributed by atoms with Gasteiger partial charge in [-0.05, 0) is 64.3 Å². The summed E-state index contributed by atoms with van der Waals surface area (Å²) < 4.78 is 6.12. The maximum Gasteiger partial charge on any atom is 0.0794 e. The van der Waals surface area contributed by atoms with Gasteiger partial charge >= 0.3 is 0 Å². The van der Waals surface area contributed by atoms with Gasteiger partial charge in [-0.25, -0.2) is 0 Å². The van der Waals surface area contributed by atoms with Crippen molar-refractivity contribution < 1.29 is 4.74 Å². The van der Waals surface area contributed by atoms with E-state index < -0.39 is 0 Å². The summed E-state index contributed by atoms with van der Waals surface area (Å²) in [5.41, 5.74) is 1.64. The van der Waals surface area contributed by atoms with Gasteiger partial charge in [0.15, 0.2) is 0 Å². The fourth-order valence-corrected chi connectivity index (χ4v) is 3.20. The lowest BCUT2D eigenvalue weighted by molar-refractivity contribution is 0.0271. The van der Waals surface area contributed by atoms with Gasteiger partial charge in [0.2, 0.25) is 0 Å². The van der Waals surface area contributed by atoms with Crippen LogP contribution < -0.4 is 5.32 Å². The lowest BCUT2D eigenvalue weighted by Gasteiger charge is -2.30. The highest BCUT2D eigenvalue weighted by molar-refractivity contribution is 5.16. The third-order valence-corrected chi connectivity index (χ3v) is 4.36. The molecule has 1 fully saturated rings. The molecule has 0 aliphatic heterocycles. The van der Waals surface area contributed by atoms with Gasteiger partial charge in [-0.1, -0.05) is 25.0 Å². The summed E-state index contributed by atoms with van der Waals surface area (Å²) in [6.07, 6.45) is 13.5. The van der Waals surface area contributed by atoms with E-state index in [0.29, 0.717) is 12.1 Å². The molecule has 2 nitrogen and oxygen atoms in total. The minimum Gasteiger partial charge on any atom is -0.376 e. The number of rotatable bonds is 8. The van der Waals surface area contributed by atoms with E-state index in [0.717, 1.165) is 19.1 Å². The van der Waals surface area contributed by atoms with E-state index in [1.165, 1.54) is 51.4 Å². The molecule has 0 aromatic carbocycles. The lowest BCUT2D eigenvalue weighted by atomic mass is 9.94. The summed E-state index contributed by atoms with van der Waals surface area (Å²) >= 11 is 0. The molecule has 2 aliphatic rings. The van der Waals surface area contributed by atoms with Crippen molar-refractivity contribution in [2.75, 3.05) is 13.2 Å². The van der Waals surface area contributed by atoms with Crippen LogP contribution in [0.15, 0.2) is 11.6 Å². The Labute approximate surface area is 119 Å². The SMILES string of the molecule is CCCNC(C1=CCCCCC1)C(OCC)C1CC1. The zero-order chi connectivity index (χ0) is 13.5. The maximum absolute atomic E-state index is 6.12. The number of nitrogens with one attached hydrogen (secondary N) is 1. The molecule has 2 unspecified atom stereocenters. The first-order valence-corrected chi connectivity index (χ1v) is 8.40. The van der Waals surface area contributed by atoms with Crippen molar-refractivity contribution in [1.82, 2.24) is 5.32 Å². The van der Waals surface area contributed by atoms with Crippen molar-refractivity contribution in [2.45, 2.75) is 77.4 Å². The Hall–Kier alpha value is -0.340. The van der Waals surface area contributed by atoms with Crippen LogP contribution in [0.1, 0.15) is 65.2 Å². The molecule has 0 aromatic rings. The summed E-state index contributed by atoms with van der Waals surface area (Å²) in [5, 5.41) is 3.78. The molecule has 2 rings (SSSR count). The van der Waals surface area contributed by atoms with Crippen molar-refractivity contribution in [3.63, 3.8) is 0 Å². The molecule has 2 atom stereocenters. The van der Waals surface area contributed by atoms with Crippen LogP contribution in [0, 0.1) is 5.92 Å². The molecule has 0 spiro atoms. The van der Waals surface area contributed by atoms with E-state index >= 15 is 0 Å². The molecule has 1 N–H and O–H groups in total. The Morgan fingerprint density at radius 1 is 1.26 bits per heavy atom.